The van der Waals surface area contributed by atoms with Crippen molar-refractivity contribution in [1.82, 2.24) is 4.98 Å². The van der Waals surface area contributed by atoms with Gasteiger partial charge < -0.3 is 10.0 Å². The Kier molecular flexibility index (Phi) is 6.43. The molecule has 0 unspecified atom stereocenters. The molecular formula is C19H25N3O4S. The standard InChI is InChI=1S/C19H25N3O4S/c1-5-6-9-22(4)18-16(19(23)24)11-15(12-20-18)21-27(25,26)17-10-13(2)7-8-14(17)3/h7-8,10-12,21H,5-6,9H2,1-4H3,(H,23,24). The summed E-state index contributed by atoms with van der Waals surface area (Å²) in [6.07, 6.45) is 3.21. The summed E-state index contributed by atoms with van der Waals surface area (Å²) < 4.78 is 27.9. The summed E-state index contributed by atoms with van der Waals surface area (Å²) in [6, 6.07) is 6.45. The lowest BCUT2D eigenvalue weighted by Gasteiger charge is -2.20. The van der Waals surface area contributed by atoms with Crippen molar-refractivity contribution in [1.29, 1.82) is 0 Å². The predicted octanol–water partition coefficient (Wildman–Crippen LogP) is 3.43. The van der Waals surface area contributed by atoms with Crippen LogP contribution >= 0.6 is 0 Å². The zero-order chi connectivity index (χ0) is 20.2. The Balaban J connectivity index is 2.38. The number of pyridine rings is 1. The van der Waals surface area contributed by atoms with Crippen LogP contribution in [0.15, 0.2) is 35.4 Å². The quantitative estimate of drug-likeness (QED) is 0.715. The van der Waals surface area contributed by atoms with E-state index in [1.807, 2.05) is 19.9 Å². The third-order valence-electron chi connectivity index (χ3n) is 4.19. The summed E-state index contributed by atoms with van der Waals surface area (Å²) in [7, 11) is -2.08. The van der Waals surface area contributed by atoms with Crippen molar-refractivity contribution in [2.45, 2.75) is 38.5 Å². The second-order valence-corrected chi connectivity index (χ2v) is 8.20. The number of anilines is 2. The second-order valence-electron chi connectivity index (χ2n) is 6.55. The van der Waals surface area contributed by atoms with Crippen molar-refractivity contribution in [3.8, 4) is 0 Å². The molecule has 0 atom stereocenters. The molecular weight excluding hydrogens is 366 g/mol. The molecule has 0 spiro atoms. The first-order valence-corrected chi connectivity index (χ1v) is 10.2. The maximum Gasteiger partial charge on any atom is 0.339 e. The SMILES string of the molecule is CCCCN(C)c1ncc(NS(=O)(=O)c2cc(C)ccc2C)cc1C(=O)O. The van der Waals surface area contributed by atoms with Crippen LogP contribution in [-0.4, -0.2) is 38.1 Å². The molecule has 1 heterocycles. The van der Waals surface area contributed by atoms with Gasteiger partial charge in [-0.1, -0.05) is 25.5 Å². The van der Waals surface area contributed by atoms with Gasteiger partial charge >= 0.3 is 5.97 Å². The maximum absolute atomic E-state index is 12.7. The van der Waals surface area contributed by atoms with E-state index in [-0.39, 0.29) is 16.1 Å². The lowest BCUT2D eigenvalue weighted by Crippen LogP contribution is -2.23. The van der Waals surface area contributed by atoms with Gasteiger partial charge in [0.25, 0.3) is 10.0 Å². The fourth-order valence-corrected chi connectivity index (χ4v) is 4.05. The van der Waals surface area contributed by atoms with Crippen LogP contribution in [0.1, 0.15) is 41.3 Å². The number of aryl methyl sites for hydroxylation is 2. The van der Waals surface area contributed by atoms with Gasteiger partial charge in [0.05, 0.1) is 16.8 Å². The van der Waals surface area contributed by atoms with E-state index in [9.17, 15) is 18.3 Å². The summed E-state index contributed by atoms with van der Waals surface area (Å²) in [5.74, 6) is -0.848. The van der Waals surface area contributed by atoms with Gasteiger partial charge in [0, 0.05) is 13.6 Å². The first-order chi connectivity index (χ1) is 12.7. The molecule has 27 heavy (non-hydrogen) atoms. The van der Waals surface area contributed by atoms with Crippen molar-refractivity contribution in [2.75, 3.05) is 23.2 Å². The molecule has 1 aromatic carbocycles. The van der Waals surface area contributed by atoms with Crippen molar-refractivity contribution < 1.29 is 18.3 Å². The predicted molar refractivity (Wildman–Crippen MR) is 106 cm³/mol. The van der Waals surface area contributed by atoms with Crippen LogP contribution in [0.4, 0.5) is 11.5 Å². The maximum atomic E-state index is 12.7. The van der Waals surface area contributed by atoms with E-state index in [0.29, 0.717) is 17.9 Å². The lowest BCUT2D eigenvalue weighted by atomic mass is 10.2. The molecule has 0 saturated carbocycles. The van der Waals surface area contributed by atoms with Crippen LogP contribution in [0.25, 0.3) is 0 Å². The fourth-order valence-electron chi connectivity index (χ4n) is 2.68. The number of hydrogen-bond donors (Lipinski definition) is 2. The van der Waals surface area contributed by atoms with Gasteiger partial charge in [-0.2, -0.15) is 0 Å². The van der Waals surface area contributed by atoms with E-state index < -0.39 is 16.0 Å². The number of unbranched alkanes of at least 4 members (excludes halogenated alkanes) is 1. The number of rotatable bonds is 8. The number of nitrogens with zero attached hydrogens (tertiary/aromatic N) is 2. The Morgan fingerprint density at radius 1 is 1.26 bits per heavy atom. The molecule has 0 radical (unpaired) electrons. The van der Waals surface area contributed by atoms with Crippen LogP contribution < -0.4 is 9.62 Å². The Bertz CT molecular complexity index is 942. The second kappa shape index (κ2) is 8.39. The van der Waals surface area contributed by atoms with Gasteiger partial charge in [-0.15, -0.1) is 0 Å². The van der Waals surface area contributed by atoms with Gasteiger partial charge in [-0.25, -0.2) is 18.2 Å². The molecule has 7 nitrogen and oxygen atoms in total. The van der Waals surface area contributed by atoms with E-state index >= 15 is 0 Å². The average Bonchev–Trinajstić information content (AvgIpc) is 2.61. The zero-order valence-corrected chi connectivity index (χ0v) is 16.8. The molecule has 0 amide bonds. The summed E-state index contributed by atoms with van der Waals surface area (Å²) in [5.41, 5.74) is 1.49. The van der Waals surface area contributed by atoms with Crippen molar-refractivity contribution >= 4 is 27.5 Å². The Hall–Kier alpha value is -2.61. The largest absolute Gasteiger partial charge is 0.478 e. The highest BCUT2D eigenvalue weighted by Gasteiger charge is 2.20. The molecule has 2 N–H and O–H groups in total. The van der Waals surface area contributed by atoms with E-state index in [1.165, 1.54) is 12.3 Å². The Morgan fingerprint density at radius 2 is 1.96 bits per heavy atom. The van der Waals surface area contributed by atoms with Crippen molar-refractivity contribution in [2.24, 2.45) is 0 Å². The number of carbonyl (C=O) groups is 1. The topological polar surface area (TPSA) is 99.6 Å². The summed E-state index contributed by atoms with van der Waals surface area (Å²) in [6.45, 7) is 6.23. The Morgan fingerprint density at radius 3 is 2.59 bits per heavy atom. The number of aromatic nitrogens is 1. The van der Waals surface area contributed by atoms with Gasteiger partial charge in [0.1, 0.15) is 11.4 Å². The van der Waals surface area contributed by atoms with Crippen LogP contribution in [-0.2, 0) is 10.0 Å². The number of benzene rings is 1. The van der Waals surface area contributed by atoms with E-state index in [0.717, 1.165) is 18.4 Å². The number of aromatic carboxylic acids is 1. The van der Waals surface area contributed by atoms with Gasteiger partial charge in [-0.05, 0) is 43.5 Å². The number of hydrogen-bond acceptors (Lipinski definition) is 5. The molecule has 146 valence electrons. The fraction of sp³-hybridized carbons (Fsp3) is 0.368. The van der Waals surface area contributed by atoms with Crippen molar-refractivity contribution in [3.05, 3.63) is 47.2 Å². The molecule has 2 aromatic rings. The summed E-state index contributed by atoms with van der Waals surface area (Å²) in [4.78, 5) is 17.7. The third kappa shape index (κ3) is 4.97. The molecule has 0 saturated heterocycles. The minimum absolute atomic E-state index is 0.0465. The molecule has 1 aromatic heterocycles. The Labute approximate surface area is 160 Å². The third-order valence-corrected chi connectivity index (χ3v) is 5.71. The molecule has 0 fully saturated rings. The highest BCUT2D eigenvalue weighted by molar-refractivity contribution is 7.92. The van der Waals surface area contributed by atoms with Gasteiger partial charge in [-0.3, -0.25) is 4.72 Å². The number of nitrogens with one attached hydrogen (secondary N) is 1. The van der Waals surface area contributed by atoms with Gasteiger partial charge in [0.2, 0.25) is 0 Å². The minimum Gasteiger partial charge on any atom is -0.478 e. The number of carboxylic acid groups (broad SMARTS) is 1. The smallest absolute Gasteiger partial charge is 0.339 e. The van der Waals surface area contributed by atoms with Crippen LogP contribution in [0.5, 0.6) is 0 Å². The number of carboxylic acids is 1. The van der Waals surface area contributed by atoms with Gasteiger partial charge in [0.15, 0.2) is 0 Å². The van der Waals surface area contributed by atoms with E-state index in [2.05, 4.69) is 9.71 Å². The molecule has 8 heteroatoms. The average molecular weight is 391 g/mol. The van der Waals surface area contributed by atoms with E-state index in [1.54, 1.807) is 31.0 Å². The molecule has 0 aliphatic carbocycles. The molecule has 0 aliphatic rings. The normalized spacial score (nSPS) is 11.3. The highest BCUT2D eigenvalue weighted by atomic mass is 32.2. The molecule has 2 rings (SSSR count). The zero-order valence-electron chi connectivity index (χ0n) is 16.0. The monoisotopic (exact) mass is 391 g/mol. The van der Waals surface area contributed by atoms with Crippen LogP contribution in [0, 0.1) is 13.8 Å². The minimum atomic E-state index is -3.85. The number of sulfonamides is 1. The van der Waals surface area contributed by atoms with Crippen molar-refractivity contribution in [3.63, 3.8) is 0 Å². The van der Waals surface area contributed by atoms with E-state index in [4.69, 9.17) is 0 Å². The summed E-state index contributed by atoms with van der Waals surface area (Å²) in [5, 5.41) is 9.52. The summed E-state index contributed by atoms with van der Waals surface area (Å²) >= 11 is 0. The van der Waals surface area contributed by atoms with Crippen LogP contribution in [0.3, 0.4) is 0 Å². The first kappa shape index (κ1) is 20.7. The molecule has 0 bridgehead atoms. The molecule has 0 aliphatic heterocycles. The first-order valence-electron chi connectivity index (χ1n) is 8.70. The highest BCUT2D eigenvalue weighted by Crippen LogP contribution is 2.24. The van der Waals surface area contributed by atoms with Crippen LogP contribution in [0.2, 0.25) is 0 Å². The lowest BCUT2D eigenvalue weighted by molar-refractivity contribution is 0.0697.